The quantitative estimate of drug-likeness (QED) is 0.674. The van der Waals surface area contributed by atoms with Crippen LogP contribution in [0.3, 0.4) is 0 Å². The first-order valence-corrected chi connectivity index (χ1v) is 7.35. The van der Waals surface area contributed by atoms with Crippen LogP contribution in [0.5, 0.6) is 0 Å². The van der Waals surface area contributed by atoms with Crippen LogP contribution in [0, 0.1) is 11.3 Å². The van der Waals surface area contributed by atoms with Gasteiger partial charge >= 0.3 is 0 Å². The summed E-state index contributed by atoms with van der Waals surface area (Å²) in [6.07, 6.45) is 3.95. The number of fused-ring (bicyclic) bond motifs is 2. The van der Waals surface area contributed by atoms with Crippen molar-refractivity contribution in [3.8, 4) is 0 Å². The molecular formula is C15H13BrN2O. The van der Waals surface area contributed by atoms with Crippen LogP contribution in [0.2, 0.25) is 0 Å². The zero-order valence-corrected chi connectivity index (χ0v) is 12.0. The molecule has 0 radical (unpaired) electrons. The smallest absolute Gasteiger partial charge is 0.173 e. The third kappa shape index (κ3) is 1.59. The highest BCUT2D eigenvalue weighted by molar-refractivity contribution is 9.10. The zero-order valence-electron chi connectivity index (χ0n) is 10.4. The van der Waals surface area contributed by atoms with Gasteiger partial charge in [-0.05, 0) is 36.1 Å². The summed E-state index contributed by atoms with van der Waals surface area (Å²) in [6.45, 7) is 1.43. The minimum atomic E-state index is -0.307. The van der Waals surface area contributed by atoms with Gasteiger partial charge in [0.15, 0.2) is 5.78 Å². The Bertz CT molecular complexity index is 650. The van der Waals surface area contributed by atoms with Crippen molar-refractivity contribution in [3.63, 3.8) is 0 Å². The second-order valence-electron chi connectivity index (χ2n) is 5.71. The lowest BCUT2D eigenvalue weighted by Crippen LogP contribution is -2.25. The summed E-state index contributed by atoms with van der Waals surface area (Å²) in [4.78, 5) is 12.8. The Labute approximate surface area is 119 Å². The summed E-state index contributed by atoms with van der Waals surface area (Å²) in [5, 5.41) is 8.23. The minimum absolute atomic E-state index is 0.283. The molecule has 0 saturated heterocycles. The topological polar surface area (TPSA) is 41.8 Å². The maximum absolute atomic E-state index is 12.8. The van der Waals surface area contributed by atoms with E-state index in [0.717, 1.165) is 29.4 Å². The van der Waals surface area contributed by atoms with Crippen LogP contribution >= 0.6 is 15.9 Å². The maximum Gasteiger partial charge on any atom is 0.173 e. The lowest BCUT2D eigenvalue weighted by molar-refractivity contribution is 0.0865. The van der Waals surface area contributed by atoms with Gasteiger partial charge in [0.2, 0.25) is 0 Å². The largest absolute Gasteiger partial charge is 0.293 e. The number of azo groups is 1. The Hall–Kier alpha value is -1.29. The van der Waals surface area contributed by atoms with Crippen LogP contribution in [0.1, 0.15) is 22.3 Å². The normalized spacial score (nSPS) is 31.5. The molecule has 1 heterocycles. The molecule has 0 N–H and O–H groups in total. The first-order valence-electron chi connectivity index (χ1n) is 6.56. The highest BCUT2D eigenvalue weighted by Crippen LogP contribution is 2.50. The molecule has 3 aliphatic rings. The number of carbonyl (C=O) groups excluding carboxylic acids is 1. The highest BCUT2D eigenvalue weighted by Gasteiger charge is 2.49. The number of benzene rings is 1. The first-order chi connectivity index (χ1) is 9.18. The number of nitrogens with zero attached hydrogens (tertiary/aromatic N) is 2. The second-order valence-corrected chi connectivity index (χ2v) is 6.62. The number of allylic oxidation sites excluding steroid dienone is 1. The van der Waals surface area contributed by atoms with Crippen molar-refractivity contribution in [2.45, 2.75) is 12.8 Å². The van der Waals surface area contributed by atoms with Crippen molar-refractivity contribution in [1.29, 1.82) is 0 Å². The molecule has 4 rings (SSSR count). The van der Waals surface area contributed by atoms with E-state index in [2.05, 4.69) is 38.3 Å². The lowest BCUT2D eigenvalue weighted by Gasteiger charge is -2.20. The fraction of sp³-hybridized carbons (Fsp3) is 0.400. The predicted molar refractivity (Wildman–Crippen MR) is 75.4 cm³/mol. The van der Waals surface area contributed by atoms with E-state index in [1.165, 1.54) is 11.1 Å². The standard InChI is InChI=1S/C15H13BrN2O/c16-12-2-1-9-4-15(14(19)13(9)3-12)5-10-7-17-18-8-11(10)6-15/h1-3,5,11H,4,6-8H2. The lowest BCUT2D eigenvalue weighted by atomic mass is 9.81. The number of carbonyl (C=O) groups is 1. The van der Waals surface area contributed by atoms with Crippen molar-refractivity contribution >= 4 is 21.7 Å². The van der Waals surface area contributed by atoms with Gasteiger partial charge in [-0.2, -0.15) is 10.2 Å². The molecule has 4 heteroatoms. The Balaban J connectivity index is 1.77. The average Bonchev–Trinajstić information content (AvgIpc) is 2.90. The molecule has 2 aliphatic carbocycles. The molecule has 0 saturated carbocycles. The van der Waals surface area contributed by atoms with Crippen LogP contribution in [0.25, 0.3) is 0 Å². The third-order valence-corrected chi connectivity index (χ3v) is 5.02. The Kier molecular flexibility index (Phi) is 2.34. The van der Waals surface area contributed by atoms with Crippen LogP contribution in [0.15, 0.2) is 44.5 Å². The van der Waals surface area contributed by atoms with E-state index in [0.29, 0.717) is 12.5 Å². The van der Waals surface area contributed by atoms with Gasteiger partial charge in [0.05, 0.1) is 18.5 Å². The molecule has 1 aliphatic heterocycles. The number of rotatable bonds is 0. The molecule has 1 aromatic carbocycles. The van der Waals surface area contributed by atoms with Gasteiger partial charge in [-0.3, -0.25) is 4.79 Å². The van der Waals surface area contributed by atoms with Gasteiger partial charge in [0.1, 0.15) is 0 Å². The average molecular weight is 317 g/mol. The number of ketones is 1. The molecule has 0 amide bonds. The number of Topliss-reactive ketones (excluding diaryl/α,β-unsaturated/α-hetero) is 1. The monoisotopic (exact) mass is 316 g/mol. The van der Waals surface area contributed by atoms with E-state index in [-0.39, 0.29) is 11.2 Å². The van der Waals surface area contributed by atoms with Crippen molar-refractivity contribution in [1.82, 2.24) is 0 Å². The SMILES string of the molecule is O=C1c2cc(Br)ccc2CC12C=C1CN=NCC1C2. The molecule has 0 aromatic heterocycles. The number of halogens is 1. The molecule has 3 nitrogen and oxygen atoms in total. The van der Waals surface area contributed by atoms with E-state index < -0.39 is 0 Å². The fourth-order valence-electron chi connectivity index (χ4n) is 3.63. The second kappa shape index (κ2) is 3.85. The van der Waals surface area contributed by atoms with Crippen molar-refractivity contribution in [3.05, 3.63) is 45.4 Å². The molecule has 2 atom stereocenters. The third-order valence-electron chi connectivity index (χ3n) is 4.53. The molecule has 1 spiro atoms. The number of hydrogen-bond acceptors (Lipinski definition) is 3. The summed E-state index contributed by atoms with van der Waals surface area (Å²) in [6, 6.07) is 6.05. The first kappa shape index (κ1) is 11.5. The molecule has 96 valence electrons. The highest BCUT2D eigenvalue weighted by atomic mass is 79.9. The Morgan fingerprint density at radius 2 is 2.21 bits per heavy atom. The zero-order chi connectivity index (χ0) is 13.0. The van der Waals surface area contributed by atoms with Crippen molar-refractivity contribution in [2.24, 2.45) is 21.6 Å². The minimum Gasteiger partial charge on any atom is -0.293 e. The molecule has 0 bridgehead atoms. The van der Waals surface area contributed by atoms with Gasteiger partial charge < -0.3 is 0 Å². The van der Waals surface area contributed by atoms with Gasteiger partial charge in [-0.25, -0.2) is 0 Å². The van der Waals surface area contributed by atoms with E-state index in [4.69, 9.17) is 0 Å². The Morgan fingerprint density at radius 1 is 1.32 bits per heavy atom. The van der Waals surface area contributed by atoms with Crippen LogP contribution in [-0.4, -0.2) is 18.9 Å². The van der Waals surface area contributed by atoms with Gasteiger partial charge in [0.25, 0.3) is 0 Å². The van der Waals surface area contributed by atoms with E-state index in [1.807, 2.05) is 12.1 Å². The molecule has 2 unspecified atom stereocenters. The number of hydrogen-bond donors (Lipinski definition) is 0. The molecular weight excluding hydrogens is 304 g/mol. The summed E-state index contributed by atoms with van der Waals surface area (Å²) in [5.74, 6) is 0.713. The predicted octanol–water partition coefficient (Wildman–Crippen LogP) is 3.59. The van der Waals surface area contributed by atoms with E-state index in [9.17, 15) is 4.79 Å². The summed E-state index contributed by atoms with van der Waals surface area (Å²) in [5.41, 5.74) is 3.07. The van der Waals surface area contributed by atoms with Gasteiger partial charge in [0, 0.05) is 16.0 Å². The van der Waals surface area contributed by atoms with Crippen LogP contribution in [0.4, 0.5) is 0 Å². The van der Waals surface area contributed by atoms with Gasteiger partial charge in [-0.15, -0.1) is 0 Å². The summed E-state index contributed by atoms with van der Waals surface area (Å²) < 4.78 is 0.977. The van der Waals surface area contributed by atoms with E-state index in [1.54, 1.807) is 0 Å². The van der Waals surface area contributed by atoms with Crippen molar-refractivity contribution < 1.29 is 4.79 Å². The summed E-state index contributed by atoms with van der Waals surface area (Å²) >= 11 is 3.45. The fourth-order valence-corrected chi connectivity index (χ4v) is 3.99. The molecule has 1 aromatic rings. The van der Waals surface area contributed by atoms with Crippen LogP contribution in [-0.2, 0) is 6.42 Å². The van der Waals surface area contributed by atoms with Crippen LogP contribution < -0.4 is 0 Å². The summed E-state index contributed by atoms with van der Waals surface area (Å²) in [7, 11) is 0. The van der Waals surface area contributed by atoms with Crippen molar-refractivity contribution in [2.75, 3.05) is 13.1 Å². The molecule has 0 fully saturated rings. The molecule has 19 heavy (non-hydrogen) atoms. The maximum atomic E-state index is 12.8. The Morgan fingerprint density at radius 3 is 3.05 bits per heavy atom. The van der Waals surface area contributed by atoms with E-state index >= 15 is 0 Å². The van der Waals surface area contributed by atoms with Gasteiger partial charge in [-0.1, -0.05) is 28.1 Å².